The lowest BCUT2D eigenvalue weighted by molar-refractivity contribution is 0.536. The molecule has 0 radical (unpaired) electrons. The van der Waals surface area contributed by atoms with E-state index >= 15 is 0 Å². The summed E-state index contributed by atoms with van der Waals surface area (Å²) in [5.74, 6) is -0.265. The Labute approximate surface area is 257 Å². The molecule has 0 aliphatic heterocycles. The summed E-state index contributed by atoms with van der Waals surface area (Å²) in [6, 6.07) is 16.5. The third-order valence-corrected chi connectivity index (χ3v) is 8.39. The van der Waals surface area contributed by atoms with Crippen LogP contribution in [0.1, 0.15) is 109 Å². The van der Waals surface area contributed by atoms with Gasteiger partial charge in [0.2, 0.25) is 0 Å². The molecule has 0 spiro atoms. The highest BCUT2D eigenvalue weighted by Crippen LogP contribution is 2.40. The second-order valence-electron chi connectivity index (χ2n) is 11.7. The summed E-state index contributed by atoms with van der Waals surface area (Å²) in [6.45, 7) is 5.12. The number of H-pyrrole nitrogens is 1. The topological polar surface area (TPSA) is 61.9 Å². The number of nitrogens with zero attached hydrogens (tertiary/aromatic N) is 3. The molecular weight excluding hydrogens is 535 g/mol. The highest BCUT2D eigenvalue weighted by molar-refractivity contribution is 6.02. The molecule has 0 unspecified atom stereocenters. The van der Waals surface area contributed by atoms with Crippen LogP contribution in [-0.2, 0) is 6.42 Å². The minimum absolute atomic E-state index is 0.238. The molecule has 0 amide bonds. The van der Waals surface area contributed by atoms with Crippen molar-refractivity contribution in [2.75, 3.05) is 11.4 Å². The molecule has 0 aliphatic carbocycles. The number of rotatable bonds is 19. The van der Waals surface area contributed by atoms with Gasteiger partial charge in [-0.3, -0.25) is 9.78 Å². The van der Waals surface area contributed by atoms with E-state index in [1.807, 2.05) is 18.2 Å². The molecule has 0 bridgehead atoms. The summed E-state index contributed by atoms with van der Waals surface area (Å²) in [7, 11) is 0. The molecule has 4 rings (SSSR count). The van der Waals surface area contributed by atoms with Crippen LogP contribution in [0.2, 0.25) is 0 Å². The summed E-state index contributed by atoms with van der Waals surface area (Å²) in [5.41, 5.74) is 5.31. The zero-order chi connectivity index (χ0) is 30.3. The van der Waals surface area contributed by atoms with Crippen molar-refractivity contribution in [3.63, 3.8) is 0 Å². The van der Waals surface area contributed by atoms with Gasteiger partial charge in [0.1, 0.15) is 5.82 Å². The maximum atomic E-state index is 13.9. The van der Waals surface area contributed by atoms with E-state index in [1.165, 1.54) is 89.2 Å². The lowest BCUT2D eigenvalue weighted by Crippen LogP contribution is -2.22. The highest BCUT2D eigenvalue weighted by Gasteiger charge is 2.20. The number of nitrogens with one attached hydrogen (secondary N) is 1. The standard InChI is InChI=1S/C37H49FN4O/c1-3-5-6-7-8-9-10-11-12-13-14-15-16-17-26-42(32-27-36(43)41-39-28-32)37-33(29-18-20-30(38)21-19-29)24-25-35-34(37)23-22-31(4-2)40-35/h18-25,27-28H,3-17,26H2,1-2H3,(H,41,43). The Morgan fingerprint density at radius 3 is 1.98 bits per heavy atom. The molecule has 6 heteroatoms. The molecule has 2 aromatic carbocycles. The number of hydrogen-bond donors (Lipinski definition) is 1. The number of halogens is 1. The molecule has 4 aromatic rings. The number of pyridine rings is 1. The average Bonchev–Trinajstić information content (AvgIpc) is 3.03. The van der Waals surface area contributed by atoms with Crippen LogP contribution in [0.5, 0.6) is 0 Å². The summed E-state index contributed by atoms with van der Waals surface area (Å²) in [5, 5.41) is 7.65. The van der Waals surface area contributed by atoms with Crippen molar-refractivity contribution in [3.05, 3.63) is 82.7 Å². The third-order valence-electron chi connectivity index (χ3n) is 8.39. The second kappa shape index (κ2) is 17.5. The monoisotopic (exact) mass is 584 g/mol. The maximum absolute atomic E-state index is 13.9. The SMILES string of the molecule is CCCCCCCCCCCCCCCCN(c1cn[nH]c(=O)c1)c1c(-c2ccc(F)cc2)ccc2nc(CC)ccc12. The van der Waals surface area contributed by atoms with Gasteiger partial charge in [-0.1, -0.05) is 116 Å². The minimum Gasteiger partial charge on any atom is -0.339 e. The number of aromatic nitrogens is 3. The number of aromatic amines is 1. The molecule has 0 saturated heterocycles. The lowest BCUT2D eigenvalue weighted by atomic mass is 9.98. The molecule has 0 aliphatic rings. The van der Waals surface area contributed by atoms with E-state index in [0.29, 0.717) is 0 Å². The molecule has 0 atom stereocenters. The number of unbranched alkanes of at least 4 members (excludes halogenated alkanes) is 13. The van der Waals surface area contributed by atoms with E-state index in [1.54, 1.807) is 12.3 Å². The van der Waals surface area contributed by atoms with Crippen molar-refractivity contribution in [1.82, 2.24) is 15.2 Å². The predicted octanol–water partition coefficient (Wildman–Crippen LogP) is 10.3. The van der Waals surface area contributed by atoms with E-state index in [2.05, 4.69) is 47.1 Å². The predicted molar refractivity (Wildman–Crippen MR) is 179 cm³/mol. The number of anilines is 2. The molecule has 5 nitrogen and oxygen atoms in total. The van der Waals surface area contributed by atoms with Gasteiger partial charge in [-0.15, -0.1) is 0 Å². The van der Waals surface area contributed by atoms with Gasteiger partial charge in [-0.05, 0) is 48.7 Å². The fraction of sp³-hybridized carbons (Fsp3) is 0.486. The summed E-state index contributed by atoms with van der Waals surface area (Å²) in [4.78, 5) is 19.5. The average molecular weight is 585 g/mol. The van der Waals surface area contributed by atoms with E-state index in [0.717, 1.165) is 64.9 Å². The zero-order valence-corrected chi connectivity index (χ0v) is 26.2. The van der Waals surface area contributed by atoms with E-state index < -0.39 is 0 Å². The number of benzene rings is 2. The van der Waals surface area contributed by atoms with Gasteiger partial charge >= 0.3 is 0 Å². The second-order valence-corrected chi connectivity index (χ2v) is 11.7. The first-order chi connectivity index (χ1) is 21.1. The fourth-order valence-electron chi connectivity index (χ4n) is 5.93. The van der Waals surface area contributed by atoms with Crippen molar-refractivity contribution >= 4 is 22.3 Å². The van der Waals surface area contributed by atoms with Crippen molar-refractivity contribution < 1.29 is 4.39 Å². The Morgan fingerprint density at radius 2 is 1.37 bits per heavy atom. The molecule has 2 aromatic heterocycles. The van der Waals surface area contributed by atoms with Gasteiger partial charge in [0.25, 0.3) is 5.56 Å². The van der Waals surface area contributed by atoms with Gasteiger partial charge < -0.3 is 4.90 Å². The normalized spacial score (nSPS) is 11.3. The highest BCUT2D eigenvalue weighted by atomic mass is 19.1. The first-order valence-corrected chi connectivity index (χ1v) is 16.6. The quantitative estimate of drug-likeness (QED) is 0.111. The van der Waals surface area contributed by atoms with Crippen LogP contribution >= 0.6 is 0 Å². The van der Waals surface area contributed by atoms with Crippen molar-refractivity contribution in [1.29, 1.82) is 0 Å². The van der Waals surface area contributed by atoms with Crippen LogP contribution < -0.4 is 10.5 Å². The molecule has 0 fully saturated rings. The van der Waals surface area contributed by atoms with Crippen molar-refractivity contribution in [2.45, 2.75) is 110 Å². The van der Waals surface area contributed by atoms with E-state index in [9.17, 15) is 9.18 Å². The lowest BCUT2D eigenvalue weighted by Gasteiger charge is -2.28. The first-order valence-electron chi connectivity index (χ1n) is 16.6. The summed E-state index contributed by atoms with van der Waals surface area (Å²) < 4.78 is 13.9. The number of aryl methyl sites for hydroxylation is 1. The summed E-state index contributed by atoms with van der Waals surface area (Å²) >= 11 is 0. The Kier molecular flexibility index (Phi) is 13.2. The van der Waals surface area contributed by atoms with Crippen LogP contribution in [0, 0.1) is 5.82 Å². The molecular formula is C37H49FN4O. The van der Waals surface area contributed by atoms with Gasteiger partial charge in [0.05, 0.1) is 23.1 Å². The Balaban J connectivity index is 1.45. The van der Waals surface area contributed by atoms with E-state index in [4.69, 9.17) is 4.98 Å². The summed E-state index contributed by atoms with van der Waals surface area (Å²) in [6.07, 6.45) is 20.8. The third kappa shape index (κ3) is 9.74. The first kappa shape index (κ1) is 32.4. The van der Waals surface area contributed by atoms with Crippen LogP contribution in [0.3, 0.4) is 0 Å². The zero-order valence-electron chi connectivity index (χ0n) is 26.2. The molecule has 1 N–H and O–H groups in total. The Hall–Kier alpha value is -3.54. The van der Waals surface area contributed by atoms with Crippen LogP contribution in [0.25, 0.3) is 22.0 Å². The molecule has 43 heavy (non-hydrogen) atoms. The Bertz CT molecular complexity index is 1450. The van der Waals surface area contributed by atoms with Gasteiger partial charge in [0.15, 0.2) is 0 Å². The van der Waals surface area contributed by atoms with E-state index in [-0.39, 0.29) is 11.4 Å². The molecule has 230 valence electrons. The largest absolute Gasteiger partial charge is 0.339 e. The maximum Gasteiger partial charge on any atom is 0.266 e. The van der Waals surface area contributed by atoms with Crippen LogP contribution in [0.4, 0.5) is 15.8 Å². The van der Waals surface area contributed by atoms with Gasteiger partial charge in [-0.25, -0.2) is 9.49 Å². The van der Waals surface area contributed by atoms with Gasteiger partial charge in [-0.2, -0.15) is 5.10 Å². The van der Waals surface area contributed by atoms with Crippen LogP contribution in [-0.4, -0.2) is 21.7 Å². The van der Waals surface area contributed by atoms with Crippen molar-refractivity contribution in [2.24, 2.45) is 0 Å². The molecule has 2 heterocycles. The number of fused-ring (bicyclic) bond motifs is 1. The smallest absolute Gasteiger partial charge is 0.266 e. The minimum atomic E-state index is -0.265. The van der Waals surface area contributed by atoms with Gasteiger partial charge in [0, 0.05) is 29.3 Å². The van der Waals surface area contributed by atoms with Crippen LogP contribution in [0.15, 0.2) is 65.6 Å². The fourth-order valence-corrected chi connectivity index (χ4v) is 5.93. The molecule has 0 saturated carbocycles. The Morgan fingerprint density at radius 1 is 0.744 bits per heavy atom. The van der Waals surface area contributed by atoms with Crippen molar-refractivity contribution in [3.8, 4) is 11.1 Å². The number of hydrogen-bond acceptors (Lipinski definition) is 4.